The molecule has 0 aliphatic carbocycles. The lowest BCUT2D eigenvalue weighted by atomic mass is 10.0. The summed E-state index contributed by atoms with van der Waals surface area (Å²) in [4.78, 5) is 0.0943. The molecule has 0 aliphatic heterocycles. The molecule has 0 unspecified atom stereocenters. The molecule has 0 amide bonds. The van der Waals surface area contributed by atoms with Gasteiger partial charge >= 0.3 is 12.4 Å². The predicted octanol–water partition coefficient (Wildman–Crippen LogP) is 6.81. The van der Waals surface area contributed by atoms with Crippen molar-refractivity contribution in [3.8, 4) is 11.1 Å². The molecule has 184 valence electrons. The Hall–Kier alpha value is -3.60. The second kappa shape index (κ2) is 9.57. The van der Waals surface area contributed by atoms with Crippen LogP contribution in [0.4, 0.5) is 32.0 Å². The highest BCUT2D eigenvalue weighted by molar-refractivity contribution is 7.90. The zero-order valence-electron chi connectivity index (χ0n) is 18.0. The molecule has 0 fully saturated rings. The zero-order valence-corrected chi connectivity index (χ0v) is 18.8. The first-order valence-corrected chi connectivity index (χ1v) is 11.8. The highest BCUT2D eigenvalue weighted by Gasteiger charge is 2.36. The van der Waals surface area contributed by atoms with Gasteiger partial charge in [0, 0.05) is 23.2 Å². The highest BCUT2D eigenvalue weighted by Crippen LogP contribution is 2.36. The summed E-state index contributed by atoms with van der Waals surface area (Å²) >= 11 is 0. The first-order chi connectivity index (χ1) is 16.2. The minimum Gasteiger partial charge on any atom is -0.355 e. The number of hydrogen-bond acceptors (Lipinski definition) is 4. The van der Waals surface area contributed by atoms with E-state index in [9.17, 15) is 34.8 Å². The van der Waals surface area contributed by atoms with Crippen molar-refractivity contribution in [2.45, 2.75) is 17.2 Å². The predicted molar refractivity (Wildman–Crippen MR) is 122 cm³/mol. The lowest BCUT2D eigenvalue weighted by Crippen LogP contribution is -2.21. The average Bonchev–Trinajstić information content (AvgIpc) is 2.77. The summed E-state index contributed by atoms with van der Waals surface area (Å²) in [5.74, 6) is 0. The second-order valence-corrected chi connectivity index (χ2v) is 9.53. The third-order valence-corrected chi connectivity index (χ3v) is 5.99. The molecule has 0 bridgehead atoms. The zero-order chi connectivity index (χ0) is 26.0. The van der Waals surface area contributed by atoms with Gasteiger partial charge in [-0.1, -0.05) is 42.5 Å². The highest BCUT2D eigenvalue weighted by atomic mass is 32.2. The van der Waals surface area contributed by atoms with Crippen molar-refractivity contribution >= 4 is 26.9 Å². The number of sulfone groups is 1. The molecule has 3 aromatic carbocycles. The van der Waals surface area contributed by atoms with E-state index in [0.717, 1.165) is 24.5 Å². The normalized spacial score (nSPS) is 12.9. The Balaban J connectivity index is 2.01. The fourth-order valence-corrected chi connectivity index (χ4v) is 3.85. The molecule has 0 atom stereocenters. The van der Waals surface area contributed by atoms with E-state index in [1.807, 2.05) is 0 Å². The Bertz CT molecular complexity index is 1380. The van der Waals surface area contributed by atoms with E-state index in [4.69, 9.17) is 5.41 Å². The molecule has 0 aromatic heterocycles. The number of halogens is 6. The Kier molecular flexibility index (Phi) is 7.11. The molecule has 35 heavy (non-hydrogen) atoms. The van der Waals surface area contributed by atoms with E-state index in [-0.39, 0.29) is 10.6 Å². The fraction of sp³-hybridized carbons (Fsp3) is 0.125. The van der Waals surface area contributed by atoms with Crippen LogP contribution >= 0.6 is 0 Å². The third kappa shape index (κ3) is 6.50. The average molecular weight is 512 g/mol. The van der Waals surface area contributed by atoms with Crippen LogP contribution in [0, 0.1) is 5.41 Å². The number of anilines is 1. The molecule has 3 aromatic rings. The standard InChI is InChI=1S/C24H18F6N2O2S/c1-35(33,34)18-6-4-5-16(13-18)15-9-11-17(12-10-15)32-21(14-22(31)24(28,29)30)19-7-2-3-8-20(19)23(25,26)27/h2-14,31-32H,1H3/b21-14-,31-22?. The number of allylic oxidation sites excluding steroid dienone is 1. The van der Waals surface area contributed by atoms with Crippen molar-refractivity contribution in [3.05, 3.63) is 90.0 Å². The smallest absolute Gasteiger partial charge is 0.355 e. The summed E-state index contributed by atoms with van der Waals surface area (Å²) < 4.78 is 103. The summed E-state index contributed by atoms with van der Waals surface area (Å²) in [6, 6.07) is 16.1. The Morgan fingerprint density at radius 2 is 1.49 bits per heavy atom. The molecular weight excluding hydrogens is 494 g/mol. The number of hydrogen-bond donors (Lipinski definition) is 2. The second-order valence-electron chi connectivity index (χ2n) is 7.52. The van der Waals surface area contributed by atoms with Gasteiger partial charge in [-0.2, -0.15) is 26.3 Å². The maximum Gasteiger partial charge on any atom is 0.432 e. The molecule has 0 radical (unpaired) electrons. The molecular formula is C24H18F6N2O2S. The van der Waals surface area contributed by atoms with Gasteiger partial charge in [-0.3, -0.25) is 5.41 Å². The van der Waals surface area contributed by atoms with Crippen molar-refractivity contribution in [2.75, 3.05) is 11.6 Å². The molecule has 0 aliphatic rings. The number of rotatable bonds is 6. The van der Waals surface area contributed by atoms with Crippen molar-refractivity contribution in [1.29, 1.82) is 5.41 Å². The van der Waals surface area contributed by atoms with Gasteiger partial charge in [0.1, 0.15) is 5.71 Å². The Labute approximate surface area is 197 Å². The lowest BCUT2D eigenvalue weighted by molar-refractivity contribution is -0.137. The van der Waals surface area contributed by atoms with Crippen LogP contribution in [0.5, 0.6) is 0 Å². The van der Waals surface area contributed by atoms with Crippen LogP contribution in [0.3, 0.4) is 0 Å². The van der Waals surface area contributed by atoms with Crippen molar-refractivity contribution < 1.29 is 34.8 Å². The molecule has 4 nitrogen and oxygen atoms in total. The summed E-state index contributed by atoms with van der Waals surface area (Å²) in [5.41, 5.74) is -2.83. The summed E-state index contributed by atoms with van der Waals surface area (Å²) in [7, 11) is -3.45. The van der Waals surface area contributed by atoms with Crippen LogP contribution in [-0.4, -0.2) is 26.6 Å². The molecule has 0 heterocycles. The number of nitrogens with one attached hydrogen (secondary N) is 2. The van der Waals surface area contributed by atoms with E-state index in [0.29, 0.717) is 17.2 Å². The van der Waals surface area contributed by atoms with E-state index in [2.05, 4.69) is 5.32 Å². The van der Waals surface area contributed by atoms with Crippen molar-refractivity contribution in [1.82, 2.24) is 0 Å². The van der Waals surface area contributed by atoms with Gasteiger partial charge in [0.25, 0.3) is 0 Å². The summed E-state index contributed by atoms with van der Waals surface area (Å²) in [6.07, 6.45) is -8.54. The van der Waals surface area contributed by atoms with E-state index >= 15 is 0 Å². The van der Waals surface area contributed by atoms with Crippen molar-refractivity contribution in [2.24, 2.45) is 0 Å². The van der Waals surface area contributed by atoms with Crippen LogP contribution in [0.1, 0.15) is 11.1 Å². The first-order valence-electron chi connectivity index (χ1n) is 9.88. The lowest BCUT2D eigenvalue weighted by Gasteiger charge is -2.18. The third-order valence-electron chi connectivity index (χ3n) is 4.88. The van der Waals surface area contributed by atoms with Gasteiger partial charge in [0.2, 0.25) is 0 Å². The van der Waals surface area contributed by atoms with E-state index < -0.39 is 44.7 Å². The van der Waals surface area contributed by atoms with E-state index in [1.165, 1.54) is 42.5 Å². The monoisotopic (exact) mass is 512 g/mol. The van der Waals surface area contributed by atoms with Crippen LogP contribution in [0.25, 0.3) is 16.8 Å². The molecule has 2 N–H and O–H groups in total. The largest absolute Gasteiger partial charge is 0.432 e. The van der Waals surface area contributed by atoms with Gasteiger partial charge in [-0.05, 0) is 47.5 Å². The Morgan fingerprint density at radius 3 is 2.06 bits per heavy atom. The minimum atomic E-state index is -5.06. The van der Waals surface area contributed by atoms with Crippen molar-refractivity contribution in [3.63, 3.8) is 0 Å². The quantitative estimate of drug-likeness (QED) is 0.282. The van der Waals surface area contributed by atoms with Crippen LogP contribution in [-0.2, 0) is 16.0 Å². The Morgan fingerprint density at radius 1 is 0.857 bits per heavy atom. The minimum absolute atomic E-state index is 0.0943. The number of benzene rings is 3. The van der Waals surface area contributed by atoms with Crippen LogP contribution in [0.15, 0.2) is 83.8 Å². The molecule has 11 heteroatoms. The first kappa shape index (κ1) is 26.0. The number of alkyl halides is 6. The van der Waals surface area contributed by atoms with Crippen LogP contribution in [0.2, 0.25) is 0 Å². The maximum absolute atomic E-state index is 13.5. The molecule has 0 saturated heterocycles. The van der Waals surface area contributed by atoms with Crippen LogP contribution < -0.4 is 5.32 Å². The molecule has 0 spiro atoms. The van der Waals surface area contributed by atoms with Gasteiger partial charge in [0.05, 0.1) is 10.5 Å². The van der Waals surface area contributed by atoms with Gasteiger partial charge in [0.15, 0.2) is 9.84 Å². The van der Waals surface area contributed by atoms with E-state index in [1.54, 1.807) is 12.1 Å². The summed E-state index contributed by atoms with van der Waals surface area (Å²) in [5, 5.41) is 9.81. The molecule has 0 saturated carbocycles. The fourth-order valence-electron chi connectivity index (χ4n) is 3.18. The topological polar surface area (TPSA) is 70.0 Å². The molecule has 3 rings (SSSR count). The van der Waals surface area contributed by atoms with Gasteiger partial charge in [-0.25, -0.2) is 8.42 Å². The van der Waals surface area contributed by atoms with Gasteiger partial charge < -0.3 is 5.32 Å². The maximum atomic E-state index is 13.5. The summed E-state index contributed by atoms with van der Waals surface area (Å²) in [6.45, 7) is 0. The SMILES string of the molecule is CS(=O)(=O)c1cccc(-c2ccc(N/C(=C\C(=N)C(F)(F)F)c3ccccc3C(F)(F)F)cc2)c1. The van der Waals surface area contributed by atoms with Gasteiger partial charge in [-0.15, -0.1) is 0 Å².